The van der Waals surface area contributed by atoms with Crippen LogP contribution in [0.1, 0.15) is 26.7 Å². The van der Waals surface area contributed by atoms with Crippen molar-refractivity contribution in [3.63, 3.8) is 0 Å². The second-order valence-corrected chi connectivity index (χ2v) is 7.13. The molecule has 0 bridgehead atoms. The normalized spacial score (nSPS) is 29.6. The molecule has 2 aliphatic rings. The molecule has 0 amide bonds. The van der Waals surface area contributed by atoms with Crippen molar-refractivity contribution in [3.8, 4) is 0 Å². The van der Waals surface area contributed by atoms with E-state index in [1.807, 2.05) is 23.5 Å². The molecule has 0 radical (unpaired) electrons. The third kappa shape index (κ3) is 1.70. The Morgan fingerprint density at radius 3 is 2.21 bits per heavy atom. The van der Waals surface area contributed by atoms with E-state index in [4.69, 9.17) is 9.47 Å². The number of hydrogen-bond donors (Lipinski definition) is 0. The van der Waals surface area contributed by atoms with E-state index in [1.54, 1.807) is 0 Å². The first kappa shape index (κ1) is 11.1. The van der Waals surface area contributed by atoms with Crippen molar-refractivity contribution in [1.29, 1.82) is 0 Å². The number of rotatable bonds is 3. The minimum absolute atomic E-state index is 0.111. The Hall–Kier alpha value is 0.620. The zero-order chi connectivity index (χ0) is 10.1. The average Bonchev–Trinajstić information content (AvgIpc) is 2.76. The molecular weight excluding hydrogens is 216 g/mol. The molecule has 2 aliphatic heterocycles. The number of thioether (sulfide) groups is 2. The van der Waals surface area contributed by atoms with Gasteiger partial charge in [-0.3, -0.25) is 0 Å². The Balaban J connectivity index is 2.16. The molecule has 0 aromatic rings. The molecule has 2 heterocycles. The minimum Gasteiger partial charge on any atom is -0.345 e. The highest BCUT2D eigenvalue weighted by atomic mass is 32.2. The molecule has 0 N–H and O–H groups in total. The van der Waals surface area contributed by atoms with Gasteiger partial charge in [0.05, 0.1) is 13.2 Å². The zero-order valence-electron chi connectivity index (χ0n) is 8.88. The van der Waals surface area contributed by atoms with E-state index in [1.165, 1.54) is 11.5 Å². The Morgan fingerprint density at radius 1 is 1.14 bits per heavy atom. The lowest BCUT2D eigenvalue weighted by Gasteiger charge is -2.40. The Kier molecular flexibility index (Phi) is 3.37. The molecule has 2 saturated heterocycles. The Labute approximate surface area is 94.5 Å². The van der Waals surface area contributed by atoms with Crippen molar-refractivity contribution in [2.75, 3.05) is 24.7 Å². The van der Waals surface area contributed by atoms with E-state index in [9.17, 15) is 0 Å². The van der Waals surface area contributed by atoms with Crippen LogP contribution in [0.15, 0.2) is 0 Å². The third-order valence-corrected chi connectivity index (χ3v) is 6.37. The highest BCUT2D eigenvalue weighted by molar-refractivity contribution is 8.21. The van der Waals surface area contributed by atoms with E-state index >= 15 is 0 Å². The molecule has 0 spiro atoms. The summed E-state index contributed by atoms with van der Waals surface area (Å²) in [6.07, 6.45) is 2.14. The molecule has 2 rings (SSSR count). The van der Waals surface area contributed by atoms with Gasteiger partial charge >= 0.3 is 0 Å². The van der Waals surface area contributed by atoms with Crippen molar-refractivity contribution in [3.05, 3.63) is 0 Å². The van der Waals surface area contributed by atoms with Crippen molar-refractivity contribution in [1.82, 2.24) is 0 Å². The second-order valence-electron chi connectivity index (χ2n) is 3.84. The summed E-state index contributed by atoms with van der Waals surface area (Å²) in [6, 6.07) is 0. The van der Waals surface area contributed by atoms with Crippen molar-refractivity contribution in [2.24, 2.45) is 0 Å². The maximum Gasteiger partial charge on any atom is 0.192 e. The predicted octanol–water partition coefficient (Wildman–Crippen LogP) is 2.73. The number of ether oxygens (including phenoxy) is 2. The topological polar surface area (TPSA) is 18.5 Å². The summed E-state index contributed by atoms with van der Waals surface area (Å²) in [5.41, 5.74) is 0. The third-order valence-electron chi connectivity index (χ3n) is 2.86. The van der Waals surface area contributed by atoms with Crippen LogP contribution < -0.4 is 0 Å². The molecule has 2 nitrogen and oxygen atoms in total. The van der Waals surface area contributed by atoms with Gasteiger partial charge in [0.25, 0.3) is 0 Å². The first-order valence-corrected chi connectivity index (χ1v) is 7.25. The van der Waals surface area contributed by atoms with Crippen LogP contribution in [0.4, 0.5) is 0 Å². The fourth-order valence-corrected chi connectivity index (χ4v) is 5.31. The van der Waals surface area contributed by atoms with E-state index in [-0.39, 0.29) is 9.87 Å². The highest BCUT2D eigenvalue weighted by Crippen LogP contribution is 2.55. The van der Waals surface area contributed by atoms with Gasteiger partial charge in [0.1, 0.15) is 4.08 Å². The summed E-state index contributed by atoms with van der Waals surface area (Å²) >= 11 is 3.99. The van der Waals surface area contributed by atoms with E-state index in [0.717, 1.165) is 26.1 Å². The van der Waals surface area contributed by atoms with Gasteiger partial charge in [-0.25, -0.2) is 0 Å². The fourth-order valence-electron chi connectivity index (χ4n) is 2.15. The molecule has 2 fully saturated rings. The van der Waals surface area contributed by atoms with E-state index in [0.29, 0.717) is 0 Å². The maximum absolute atomic E-state index is 5.90. The lowest BCUT2D eigenvalue weighted by molar-refractivity contribution is -0.165. The lowest BCUT2D eigenvalue weighted by atomic mass is 10.1. The summed E-state index contributed by atoms with van der Waals surface area (Å²) in [5, 5.41) is 0. The smallest absolute Gasteiger partial charge is 0.192 e. The molecule has 14 heavy (non-hydrogen) atoms. The van der Waals surface area contributed by atoms with Crippen LogP contribution in [-0.4, -0.2) is 34.6 Å². The summed E-state index contributed by atoms with van der Waals surface area (Å²) in [6.45, 7) is 5.99. The van der Waals surface area contributed by atoms with Crippen LogP contribution in [0.3, 0.4) is 0 Å². The molecule has 4 heteroatoms. The van der Waals surface area contributed by atoms with Gasteiger partial charge in [-0.15, -0.1) is 23.5 Å². The molecule has 0 aliphatic carbocycles. The minimum atomic E-state index is -0.312. The molecule has 82 valence electrons. The average molecular weight is 234 g/mol. The molecular formula is C10H18O2S2. The quantitative estimate of drug-likeness (QED) is 0.747. The molecule has 0 saturated carbocycles. The van der Waals surface area contributed by atoms with Crippen LogP contribution in [0.2, 0.25) is 0 Å². The molecule has 0 atom stereocenters. The SMILES string of the molecule is CCCC1(C2(C)SCCS2)OCCO1. The summed E-state index contributed by atoms with van der Waals surface area (Å²) in [4.78, 5) is 0. The molecule has 0 aromatic heterocycles. The fraction of sp³-hybridized carbons (Fsp3) is 1.00. The van der Waals surface area contributed by atoms with Gasteiger partial charge in [-0.05, 0) is 6.92 Å². The summed E-state index contributed by atoms with van der Waals surface area (Å²) in [5.74, 6) is 2.13. The predicted molar refractivity (Wildman–Crippen MR) is 62.9 cm³/mol. The first-order chi connectivity index (χ1) is 6.72. The van der Waals surface area contributed by atoms with Gasteiger partial charge < -0.3 is 9.47 Å². The van der Waals surface area contributed by atoms with Gasteiger partial charge in [-0.2, -0.15) is 0 Å². The highest BCUT2D eigenvalue weighted by Gasteiger charge is 2.54. The van der Waals surface area contributed by atoms with Crippen molar-refractivity contribution in [2.45, 2.75) is 36.6 Å². The molecule has 0 aromatic carbocycles. The lowest BCUT2D eigenvalue weighted by Crippen LogP contribution is -2.47. The zero-order valence-corrected chi connectivity index (χ0v) is 10.5. The van der Waals surface area contributed by atoms with Crippen LogP contribution >= 0.6 is 23.5 Å². The Bertz CT molecular complexity index is 196. The second kappa shape index (κ2) is 4.24. The standard InChI is InChI=1S/C10H18O2S2/c1-3-4-10(11-5-6-12-10)9(2)13-7-8-14-9/h3-8H2,1-2H3. The van der Waals surface area contributed by atoms with Gasteiger partial charge in [0, 0.05) is 17.9 Å². The van der Waals surface area contributed by atoms with E-state index < -0.39 is 0 Å². The molecule has 0 unspecified atom stereocenters. The number of hydrogen-bond acceptors (Lipinski definition) is 4. The van der Waals surface area contributed by atoms with Gasteiger partial charge in [0.15, 0.2) is 5.79 Å². The van der Waals surface area contributed by atoms with Crippen LogP contribution in [0.5, 0.6) is 0 Å². The van der Waals surface area contributed by atoms with Crippen molar-refractivity contribution < 1.29 is 9.47 Å². The largest absolute Gasteiger partial charge is 0.345 e. The van der Waals surface area contributed by atoms with Crippen LogP contribution in [0, 0.1) is 0 Å². The maximum atomic E-state index is 5.90. The first-order valence-electron chi connectivity index (χ1n) is 5.28. The summed E-state index contributed by atoms with van der Waals surface area (Å²) < 4.78 is 11.9. The summed E-state index contributed by atoms with van der Waals surface area (Å²) in [7, 11) is 0. The van der Waals surface area contributed by atoms with Crippen LogP contribution in [0.25, 0.3) is 0 Å². The van der Waals surface area contributed by atoms with Crippen LogP contribution in [-0.2, 0) is 9.47 Å². The van der Waals surface area contributed by atoms with E-state index in [2.05, 4.69) is 13.8 Å². The van der Waals surface area contributed by atoms with Gasteiger partial charge in [-0.1, -0.05) is 13.3 Å². The van der Waals surface area contributed by atoms with Gasteiger partial charge in [0.2, 0.25) is 0 Å². The Morgan fingerprint density at radius 2 is 1.71 bits per heavy atom. The van der Waals surface area contributed by atoms with Crippen molar-refractivity contribution >= 4 is 23.5 Å². The monoisotopic (exact) mass is 234 g/mol.